The lowest BCUT2D eigenvalue weighted by Crippen LogP contribution is -1.83. The minimum Gasteiger partial charge on any atom is -0.235 e. The minimum absolute atomic E-state index is 0.699. The van der Waals surface area contributed by atoms with Crippen molar-refractivity contribution in [2.75, 3.05) is 0 Å². The van der Waals surface area contributed by atoms with E-state index in [4.69, 9.17) is 0 Å². The molecule has 0 bridgehead atoms. The summed E-state index contributed by atoms with van der Waals surface area (Å²) >= 11 is 0. The first-order valence-corrected chi connectivity index (χ1v) is 4.72. The van der Waals surface area contributed by atoms with Crippen LogP contribution < -0.4 is 0 Å². The molecule has 3 nitrogen and oxygen atoms in total. The smallest absolute Gasteiger partial charge is 0.181 e. The second-order valence-electron chi connectivity index (χ2n) is 3.68. The summed E-state index contributed by atoms with van der Waals surface area (Å²) in [6.45, 7) is 6.50. The van der Waals surface area contributed by atoms with E-state index in [0.717, 1.165) is 11.3 Å². The highest BCUT2D eigenvalue weighted by molar-refractivity contribution is 5.72. The van der Waals surface area contributed by atoms with Gasteiger partial charge in [-0.1, -0.05) is 20.8 Å². The highest BCUT2D eigenvalue weighted by Gasteiger charge is 1.89. The Morgan fingerprint density at radius 1 is 1.07 bits per heavy atom. The molecule has 3 heteroatoms. The topological polar surface area (TPSA) is 38.7 Å². The first kappa shape index (κ1) is 10.6. The summed E-state index contributed by atoms with van der Waals surface area (Å²) in [5.74, 6) is 0.833. The quantitative estimate of drug-likeness (QED) is 0.639. The van der Waals surface area contributed by atoms with Gasteiger partial charge in [0.2, 0.25) is 0 Å². The van der Waals surface area contributed by atoms with E-state index in [1.807, 2.05) is 18.2 Å². The van der Waals surface area contributed by atoms with Gasteiger partial charge in [0.15, 0.2) is 5.65 Å². The molecule has 0 atom stereocenters. The Balaban J connectivity index is 0.000000213. The molecule has 2 rings (SSSR count). The number of nitrogens with zero attached hydrogens (tertiary/aromatic N) is 3. The van der Waals surface area contributed by atoms with Crippen molar-refractivity contribution in [1.82, 2.24) is 15.2 Å². The first-order chi connectivity index (χ1) is 6.70. The Bertz CT molecular complexity index is 317. The van der Waals surface area contributed by atoms with Crippen LogP contribution in [0.15, 0.2) is 30.6 Å². The molecule has 0 spiro atoms. The van der Waals surface area contributed by atoms with Crippen LogP contribution in [0.4, 0.5) is 0 Å². The molecule has 0 N–H and O–H groups in total. The van der Waals surface area contributed by atoms with Crippen molar-refractivity contribution >= 4 is 11.0 Å². The van der Waals surface area contributed by atoms with Gasteiger partial charge in [0.1, 0.15) is 0 Å². The minimum atomic E-state index is 0.699. The van der Waals surface area contributed by atoms with Gasteiger partial charge in [0.25, 0.3) is 0 Å². The monoisotopic (exact) mass is 189 g/mol. The molecule has 0 unspecified atom stereocenters. The van der Waals surface area contributed by atoms with Crippen molar-refractivity contribution in [2.45, 2.75) is 20.8 Å². The Kier molecular flexibility index (Phi) is 3.98. The highest BCUT2D eigenvalue weighted by Crippen LogP contribution is 2.03. The molecule has 0 aromatic carbocycles. The zero-order chi connectivity index (χ0) is 10.4. The summed E-state index contributed by atoms with van der Waals surface area (Å²) in [5, 5.41) is 8.55. The van der Waals surface area contributed by atoms with E-state index in [1.54, 1.807) is 12.4 Å². The van der Waals surface area contributed by atoms with Gasteiger partial charge in [0, 0.05) is 11.6 Å². The van der Waals surface area contributed by atoms with E-state index in [1.165, 1.54) is 0 Å². The van der Waals surface area contributed by atoms with Gasteiger partial charge in [-0.15, -0.1) is 5.10 Å². The molecule has 74 valence electrons. The molecular weight excluding hydrogens is 174 g/mol. The first-order valence-electron chi connectivity index (χ1n) is 4.72. The van der Waals surface area contributed by atoms with E-state index >= 15 is 0 Å². The largest absolute Gasteiger partial charge is 0.235 e. The van der Waals surface area contributed by atoms with E-state index in [0.29, 0.717) is 5.65 Å². The highest BCUT2D eigenvalue weighted by atomic mass is 15.1. The number of pyridine rings is 1. The Hall–Kier alpha value is -1.51. The third kappa shape index (κ3) is 3.47. The predicted octanol–water partition coefficient (Wildman–Crippen LogP) is 2.69. The predicted molar refractivity (Wildman–Crippen MR) is 57.8 cm³/mol. The molecule has 0 saturated heterocycles. The van der Waals surface area contributed by atoms with Crippen LogP contribution in [0.1, 0.15) is 20.8 Å². The molecule has 2 heterocycles. The molecule has 0 saturated carbocycles. The van der Waals surface area contributed by atoms with Crippen LogP contribution in [-0.4, -0.2) is 15.2 Å². The maximum atomic E-state index is 4.01. The van der Waals surface area contributed by atoms with Gasteiger partial charge in [-0.3, -0.25) is 0 Å². The molecule has 0 amide bonds. The maximum absolute atomic E-state index is 4.01. The molecule has 14 heavy (non-hydrogen) atoms. The van der Waals surface area contributed by atoms with Crippen molar-refractivity contribution in [3.8, 4) is 0 Å². The molecule has 0 aliphatic carbocycles. The van der Waals surface area contributed by atoms with Crippen molar-refractivity contribution in [3.05, 3.63) is 30.6 Å². The summed E-state index contributed by atoms with van der Waals surface area (Å²) in [6, 6.07) is 5.72. The Morgan fingerprint density at radius 3 is 2.43 bits per heavy atom. The van der Waals surface area contributed by atoms with Gasteiger partial charge in [-0.05, 0) is 24.1 Å². The molecule has 0 aliphatic heterocycles. The molecule has 0 radical (unpaired) electrons. The number of rotatable bonds is 0. The van der Waals surface area contributed by atoms with E-state index < -0.39 is 0 Å². The van der Waals surface area contributed by atoms with Crippen LogP contribution >= 0.6 is 0 Å². The van der Waals surface area contributed by atoms with E-state index in [2.05, 4.69) is 36.0 Å². The van der Waals surface area contributed by atoms with Crippen LogP contribution in [0.5, 0.6) is 0 Å². The van der Waals surface area contributed by atoms with Crippen LogP contribution in [-0.2, 0) is 0 Å². The maximum Gasteiger partial charge on any atom is 0.181 e. The summed E-state index contributed by atoms with van der Waals surface area (Å²) < 4.78 is 0. The molecule has 2 aromatic rings. The lowest BCUT2D eigenvalue weighted by atomic mass is 10.3. The second-order valence-corrected chi connectivity index (χ2v) is 3.68. The fourth-order valence-corrected chi connectivity index (χ4v) is 0.825. The lowest BCUT2D eigenvalue weighted by molar-refractivity contribution is 0.737. The van der Waals surface area contributed by atoms with Gasteiger partial charge in [0.05, 0.1) is 6.20 Å². The average molecular weight is 189 g/mol. The van der Waals surface area contributed by atoms with Crippen molar-refractivity contribution < 1.29 is 0 Å². The Labute approximate surface area is 84.2 Å². The number of hydrogen-bond acceptors (Lipinski definition) is 3. The fraction of sp³-hybridized carbons (Fsp3) is 0.364. The summed E-state index contributed by atoms with van der Waals surface area (Å²) in [7, 11) is 0. The Morgan fingerprint density at radius 2 is 1.79 bits per heavy atom. The summed E-state index contributed by atoms with van der Waals surface area (Å²) in [6.07, 6.45) is 3.36. The van der Waals surface area contributed by atoms with Gasteiger partial charge in [-0.2, -0.15) is 5.10 Å². The van der Waals surface area contributed by atoms with Gasteiger partial charge < -0.3 is 0 Å². The van der Waals surface area contributed by atoms with Crippen LogP contribution in [0, 0.1) is 5.92 Å². The van der Waals surface area contributed by atoms with Crippen LogP contribution in [0.3, 0.4) is 0 Å². The van der Waals surface area contributed by atoms with Crippen molar-refractivity contribution in [2.24, 2.45) is 5.92 Å². The zero-order valence-electron chi connectivity index (χ0n) is 8.81. The van der Waals surface area contributed by atoms with Gasteiger partial charge in [-0.25, -0.2) is 4.98 Å². The average Bonchev–Trinajstić information content (AvgIpc) is 2.17. The molecule has 0 fully saturated rings. The van der Waals surface area contributed by atoms with E-state index in [-0.39, 0.29) is 0 Å². The molecular formula is C11H15N3. The third-order valence-electron chi connectivity index (χ3n) is 1.29. The fourth-order valence-electron chi connectivity index (χ4n) is 0.825. The third-order valence-corrected chi connectivity index (χ3v) is 1.29. The van der Waals surface area contributed by atoms with Crippen LogP contribution in [0.25, 0.3) is 11.0 Å². The number of fused-ring (bicyclic) bond motifs is 1. The van der Waals surface area contributed by atoms with E-state index in [9.17, 15) is 0 Å². The zero-order valence-corrected chi connectivity index (χ0v) is 8.81. The lowest BCUT2D eigenvalue weighted by Gasteiger charge is -1.89. The van der Waals surface area contributed by atoms with Crippen molar-refractivity contribution in [1.29, 1.82) is 0 Å². The SMILES string of the molecule is CC(C)C.c1cnc2nnccc2c1. The number of hydrogen-bond donors (Lipinski definition) is 0. The standard InChI is InChI=1S/C7H5N3.C4H10/c1-2-6-3-5-9-10-7(6)8-4-1;1-4(2)3/h1-5H;4H,1-3H3. The van der Waals surface area contributed by atoms with Crippen molar-refractivity contribution in [3.63, 3.8) is 0 Å². The number of aromatic nitrogens is 3. The molecule has 0 aliphatic rings. The summed E-state index contributed by atoms with van der Waals surface area (Å²) in [4.78, 5) is 4.01. The van der Waals surface area contributed by atoms with Crippen LogP contribution in [0.2, 0.25) is 0 Å². The molecule has 2 aromatic heterocycles. The second kappa shape index (κ2) is 5.27. The normalized spacial score (nSPS) is 9.71. The van der Waals surface area contributed by atoms with Gasteiger partial charge >= 0.3 is 0 Å². The summed E-state index contributed by atoms with van der Waals surface area (Å²) in [5.41, 5.74) is 0.699.